The minimum atomic E-state index is -4.32. The maximum Gasteiger partial charge on any atom is 0.264 e. The van der Waals surface area contributed by atoms with Crippen LogP contribution >= 0.6 is 0 Å². The molecule has 4 rings (SSSR count). The summed E-state index contributed by atoms with van der Waals surface area (Å²) >= 11 is 0. The van der Waals surface area contributed by atoms with Gasteiger partial charge >= 0.3 is 0 Å². The van der Waals surface area contributed by atoms with Crippen molar-refractivity contribution in [3.8, 4) is 5.75 Å². The molecule has 46 heavy (non-hydrogen) atoms. The van der Waals surface area contributed by atoms with Crippen LogP contribution < -0.4 is 14.4 Å². The van der Waals surface area contributed by atoms with E-state index in [9.17, 15) is 22.4 Å². The second-order valence-electron chi connectivity index (χ2n) is 11.2. The lowest BCUT2D eigenvalue weighted by Gasteiger charge is -2.34. The van der Waals surface area contributed by atoms with Crippen LogP contribution in [0.25, 0.3) is 0 Å². The third kappa shape index (κ3) is 9.17. The Morgan fingerprint density at radius 2 is 1.41 bits per heavy atom. The lowest BCUT2D eigenvalue weighted by atomic mass is 10.0. The third-order valence-corrected chi connectivity index (χ3v) is 9.06. The van der Waals surface area contributed by atoms with Gasteiger partial charge in [-0.25, -0.2) is 12.8 Å². The zero-order valence-corrected chi connectivity index (χ0v) is 27.1. The van der Waals surface area contributed by atoms with E-state index >= 15 is 0 Å². The fraction of sp³-hybridized carbons (Fsp3) is 0.278. The number of benzene rings is 4. The molecule has 0 radical (unpaired) electrons. The molecular weight excluding hydrogens is 605 g/mol. The van der Waals surface area contributed by atoms with Crippen LogP contribution in [0.3, 0.4) is 0 Å². The molecule has 4 aromatic carbocycles. The van der Waals surface area contributed by atoms with Crippen LogP contribution in [0.4, 0.5) is 10.1 Å². The summed E-state index contributed by atoms with van der Waals surface area (Å²) in [6.45, 7) is 6.03. The van der Waals surface area contributed by atoms with Crippen LogP contribution in [-0.4, -0.2) is 50.9 Å². The number of carbonyl (C=O) groups excluding carboxylic acids is 2. The summed E-state index contributed by atoms with van der Waals surface area (Å²) in [5, 5.41) is 2.97. The zero-order valence-electron chi connectivity index (χ0n) is 26.3. The van der Waals surface area contributed by atoms with E-state index in [0.717, 1.165) is 27.6 Å². The fourth-order valence-corrected chi connectivity index (χ4v) is 6.31. The van der Waals surface area contributed by atoms with Gasteiger partial charge in [-0.3, -0.25) is 13.9 Å². The average molecular weight is 646 g/mol. The normalized spacial score (nSPS) is 11.9. The summed E-state index contributed by atoms with van der Waals surface area (Å²) < 4.78 is 48.6. The molecule has 4 aromatic rings. The van der Waals surface area contributed by atoms with Gasteiger partial charge in [0.25, 0.3) is 10.0 Å². The first kappa shape index (κ1) is 34.2. The molecule has 0 spiro atoms. The molecule has 0 aromatic heterocycles. The molecular formula is C36H40FN3O5S. The summed E-state index contributed by atoms with van der Waals surface area (Å²) in [7, 11) is -4.32. The number of nitrogens with zero attached hydrogens (tertiary/aromatic N) is 2. The monoisotopic (exact) mass is 645 g/mol. The molecule has 0 heterocycles. The molecule has 1 atom stereocenters. The standard InChI is InChI=1S/C36H40FN3O5S/c1-4-45-32-19-21-33(22-20-32)46(43,44)40(31-17-15-30(37)16-18-31)26-35(41)39(25-29-13-9-6-10-14-29)34(36(42)38-24-27(2)3)23-28-11-7-5-8-12-28/h5-22,27,34H,4,23-26H2,1-3H3,(H,38,42)/t34-/m1/s1. The molecule has 0 bridgehead atoms. The van der Waals surface area contributed by atoms with Crippen molar-refractivity contribution in [1.29, 1.82) is 0 Å². The second kappa shape index (κ2) is 16.0. The topological polar surface area (TPSA) is 96.0 Å². The number of rotatable bonds is 15. The Morgan fingerprint density at radius 1 is 0.826 bits per heavy atom. The second-order valence-corrected chi connectivity index (χ2v) is 13.1. The van der Waals surface area contributed by atoms with Gasteiger partial charge in [0.05, 0.1) is 17.2 Å². The molecule has 242 valence electrons. The van der Waals surface area contributed by atoms with Crippen molar-refractivity contribution in [3.63, 3.8) is 0 Å². The highest BCUT2D eigenvalue weighted by atomic mass is 32.2. The van der Waals surface area contributed by atoms with Crippen LogP contribution in [0, 0.1) is 11.7 Å². The molecule has 0 aliphatic rings. The Kier molecular flexibility index (Phi) is 11.9. The molecule has 8 nitrogen and oxygen atoms in total. The van der Waals surface area contributed by atoms with Gasteiger partial charge < -0.3 is 15.0 Å². The van der Waals surface area contributed by atoms with Crippen molar-refractivity contribution in [2.45, 2.75) is 44.7 Å². The molecule has 0 unspecified atom stereocenters. The number of nitrogens with one attached hydrogen (secondary N) is 1. The van der Waals surface area contributed by atoms with E-state index in [-0.39, 0.29) is 35.4 Å². The first-order valence-electron chi connectivity index (χ1n) is 15.2. The maximum atomic E-state index is 14.4. The minimum Gasteiger partial charge on any atom is -0.494 e. The first-order chi connectivity index (χ1) is 22.1. The van der Waals surface area contributed by atoms with Crippen molar-refractivity contribution >= 4 is 27.5 Å². The molecule has 0 saturated heterocycles. The van der Waals surface area contributed by atoms with E-state index in [2.05, 4.69) is 5.32 Å². The number of anilines is 1. The number of amides is 2. The highest BCUT2D eigenvalue weighted by Gasteiger charge is 2.34. The van der Waals surface area contributed by atoms with Crippen LogP contribution in [0.2, 0.25) is 0 Å². The van der Waals surface area contributed by atoms with E-state index < -0.39 is 34.3 Å². The van der Waals surface area contributed by atoms with Crippen LogP contribution in [-0.2, 0) is 32.6 Å². The summed E-state index contributed by atoms with van der Waals surface area (Å²) in [5.74, 6) is -0.819. The lowest BCUT2D eigenvalue weighted by Crippen LogP contribution is -2.53. The number of sulfonamides is 1. The zero-order chi connectivity index (χ0) is 33.1. The Bertz CT molecular complexity index is 1670. The Balaban J connectivity index is 1.77. The Hall–Kier alpha value is -4.70. The van der Waals surface area contributed by atoms with Gasteiger partial charge in [0.15, 0.2) is 0 Å². The Labute approximate surface area is 270 Å². The van der Waals surface area contributed by atoms with E-state index in [1.807, 2.05) is 81.4 Å². The Morgan fingerprint density at radius 3 is 1.98 bits per heavy atom. The van der Waals surface area contributed by atoms with Crippen LogP contribution in [0.1, 0.15) is 31.9 Å². The predicted molar refractivity (Wildman–Crippen MR) is 177 cm³/mol. The van der Waals surface area contributed by atoms with Gasteiger partial charge in [-0.2, -0.15) is 0 Å². The van der Waals surface area contributed by atoms with Gasteiger partial charge in [-0.15, -0.1) is 0 Å². The van der Waals surface area contributed by atoms with Crippen molar-refractivity contribution in [2.75, 3.05) is 24.0 Å². The van der Waals surface area contributed by atoms with E-state index in [1.165, 1.54) is 41.3 Å². The highest BCUT2D eigenvalue weighted by molar-refractivity contribution is 7.92. The third-order valence-electron chi connectivity index (χ3n) is 7.27. The molecule has 0 aliphatic heterocycles. The SMILES string of the molecule is CCOc1ccc(S(=O)(=O)N(CC(=O)N(Cc2ccccc2)[C@H](Cc2ccccc2)C(=O)NCC(C)C)c2ccc(F)cc2)cc1. The largest absolute Gasteiger partial charge is 0.494 e. The van der Waals surface area contributed by atoms with Crippen LogP contribution in [0.5, 0.6) is 5.75 Å². The van der Waals surface area contributed by atoms with E-state index in [1.54, 1.807) is 0 Å². The van der Waals surface area contributed by atoms with Gasteiger partial charge in [-0.05, 0) is 72.5 Å². The highest BCUT2D eigenvalue weighted by Crippen LogP contribution is 2.27. The van der Waals surface area contributed by atoms with E-state index in [4.69, 9.17) is 4.74 Å². The smallest absolute Gasteiger partial charge is 0.264 e. The van der Waals surface area contributed by atoms with Crippen molar-refractivity contribution in [1.82, 2.24) is 10.2 Å². The summed E-state index contributed by atoms with van der Waals surface area (Å²) in [6, 6.07) is 28.4. The van der Waals surface area contributed by atoms with Crippen molar-refractivity contribution in [3.05, 3.63) is 126 Å². The quantitative estimate of drug-likeness (QED) is 0.176. The molecule has 10 heteroatoms. The lowest BCUT2D eigenvalue weighted by molar-refractivity contribution is -0.140. The van der Waals surface area contributed by atoms with Gasteiger partial charge in [-0.1, -0.05) is 74.5 Å². The van der Waals surface area contributed by atoms with Gasteiger partial charge in [0, 0.05) is 19.5 Å². The number of carbonyl (C=O) groups is 2. The number of hydrogen-bond donors (Lipinski definition) is 1. The first-order valence-corrected chi connectivity index (χ1v) is 16.7. The van der Waals surface area contributed by atoms with Gasteiger partial charge in [0.2, 0.25) is 11.8 Å². The molecule has 1 N–H and O–H groups in total. The van der Waals surface area contributed by atoms with Crippen LogP contribution in [0.15, 0.2) is 114 Å². The number of ether oxygens (including phenoxy) is 1. The number of hydrogen-bond acceptors (Lipinski definition) is 5. The summed E-state index contributed by atoms with van der Waals surface area (Å²) in [4.78, 5) is 29.6. The maximum absolute atomic E-state index is 14.4. The fourth-order valence-electron chi connectivity index (χ4n) is 4.89. The molecule has 0 saturated carbocycles. The average Bonchev–Trinajstić information content (AvgIpc) is 3.06. The van der Waals surface area contributed by atoms with E-state index in [0.29, 0.717) is 18.9 Å². The summed E-state index contributed by atoms with van der Waals surface area (Å²) in [5.41, 5.74) is 1.72. The number of halogens is 1. The molecule has 2 amide bonds. The molecule has 0 fully saturated rings. The predicted octanol–water partition coefficient (Wildman–Crippen LogP) is 5.83. The van der Waals surface area contributed by atoms with Gasteiger partial charge in [0.1, 0.15) is 24.2 Å². The van der Waals surface area contributed by atoms with Crippen molar-refractivity contribution in [2.24, 2.45) is 5.92 Å². The summed E-state index contributed by atoms with van der Waals surface area (Å²) in [6.07, 6.45) is 0.214. The molecule has 0 aliphatic carbocycles. The minimum absolute atomic E-state index is 0.0621. The van der Waals surface area contributed by atoms with Crippen molar-refractivity contribution < 1.29 is 27.1 Å².